The third kappa shape index (κ3) is 4.78. The molecule has 0 N–H and O–H groups in total. The predicted octanol–water partition coefficient (Wildman–Crippen LogP) is 5.47. The molecule has 0 aromatic heterocycles. The van der Waals surface area contributed by atoms with Crippen molar-refractivity contribution in [2.24, 2.45) is 0 Å². The zero-order valence-electron chi connectivity index (χ0n) is 16.4. The second-order valence-corrected chi connectivity index (χ2v) is 10.5. The third-order valence-corrected chi connectivity index (χ3v) is 6.01. The quantitative estimate of drug-likeness (QED) is 0.520. The standard InChI is InChI=1S/C19H31O4P/c1-13(20)17-14(12-24(21,22-8)23-9)10-15(18(2,3)4)11-16(17)19(5,6)7/h10-11H,12H2,1-9H3. The van der Waals surface area contributed by atoms with Gasteiger partial charge in [0.15, 0.2) is 5.78 Å². The smallest absolute Gasteiger partial charge is 0.312 e. The van der Waals surface area contributed by atoms with Gasteiger partial charge in [0.25, 0.3) is 0 Å². The molecular formula is C19H31O4P. The van der Waals surface area contributed by atoms with E-state index < -0.39 is 7.60 Å². The Hall–Kier alpha value is -0.960. The van der Waals surface area contributed by atoms with Crippen molar-refractivity contribution in [3.8, 4) is 0 Å². The van der Waals surface area contributed by atoms with Gasteiger partial charge in [0.1, 0.15) is 0 Å². The number of benzene rings is 1. The summed E-state index contributed by atoms with van der Waals surface area (Å²) in [6.07, 6.45) is 0.0852. The van der Waals surface area contributed by atoms with Gasteiger partial charge in [-0.2, -0.15) is 0 Å². The Bertz CT molecular complexity index is 655. The average molecular weight is 354 g/mol. The molecule has 1 aromatic carbocycles. The molecule has 0 heterocycles. The molecule has 0 saturated carbocycles. The Morgan fingerprint density at radius 1 is 1.00 bits per heavy atom. The summed E-state index contributed by atoms with van der Waals surface area (Å²) in [4.78, 5) is 12.4. The van der Waals surface area contributed by atoms with E-state index in [-0.39, 0.29) is 22.8 Å². The molecule has 0 aliphatic rings. The second kappa shape index (κ2) is 7.11. The van der Waals surface area contributed by atoms with E-state index in [1.165, 1.54) is 14.2 Å². The SMILES string of the molecule is COP(=O)(Cc1cc(C(C)(C)C)cc(C(C)(C)C)c1C(C)=O)OC. The summed E-state index contributed by atoms with van der Waals surface area (Å²) in [6, 6.07) is 4.07. The maximum atomic E-state index is 12.7. The van der Waals surface area contributed by atoms with Gasteiger partial charge in [-0.1, -0.05) is 53.7 Å². The lowest BCUT2D eigenvalue weighted by Crippen LogP contribution is -2.22. The lowest BCUT2D eigenvalue weighted by Gasteiger charge is -2.29. The Labute approximate surface area is 146 Å². The van der Waals surface area contributed by atoms with E-state index >= 15 is 0 Å². The van der Waals surface area contributed by atoms with Crippen molar-refractivity contribution < 1.29 is 18.4 Å². The van der Waals surface area contributed by atoms with Crippen molar-refractivity contribution in [1.82, 2.24) is 0 Å². The zero-order valence-corrected chi connectivity index (χ0v) is 17.3. The Kier molecular flexibility index (Phi) is 6.25. The van der Waals surface area contributed by atoms with Crippen LogP contribution in [0, 0.1) is 0 Å². The van der Waals surface area contributed by atoms with Gasteiger partial charge in [-0.3, -0.25) is 9.36 Å². The lowest BCUT2D eigenvalue weighted by atomic mass is 9.76. The van der Waals surface area contributed by atoms with E-state index in [9.17, 15) is 9.36 Å². The van der Waals surface area contributed by atoms with E-state index in [4.69, 9.17) is 9.05 Å². The van der Waals surface area contributed by atoms with E-state index in [0.29, 0.717) is 5.56 Å². The molecule has 136 valence electrons. The fraction of sp³-hybridized carbons (Fsp3) is 0.632. The normalized spacial score (nSPS) is 13.2. The summed E-state index contributed by atoms with van der Waals surface area (Å²) in [6.45, 7) is 14.2. The van der Waals surface area contributed by atoms with Crippen LogP contribution in [0.15, 0.2) is 12.1 Å². The minimum Gasteiger partial charge on any atom is -0.312 e. The van der Waals surface area contributed by atoms with Gasteiger partial charge in [-0.15, -0.1) is 0 Å². The molecule has 0 aliphatic carbocycles. The highest BCUT2D eigenvalue weighted by Gasteiger charge is 2.30. The van der Waals surface area contributed by atoms with Crippen molar-refractivity contribution in [2.75, 3.05) is 14.2 Å². The topological polar surface area (TPSA) is 52.6 Å². The number of carbonyl (C=O) groups is 1. The molecule has 24 heavy (non-hydrogen) atoms. The molecule has 0 spiro atoms. The fourth-order valence-corrected chi connectivity index (χ4v) is 3.75. The predicted molar refractivity (Wildman–Crippen MR) is 99.2 cm³/mol. The molecule has 0 fully saturated rings. The molecule has 1 rings (SSSR count). The van der Waals surface area contributed by atoms with Crippen molar-refractivity contribution in [3.63, 3.8) is 0 Å². The van der Waals surface area contributed by atoms with Gasteiger partial charge >= 0.3 is 7.60 Å². The number of hydrogen-bond acceptors (Lipinski definition) is 4. The molecule has 0 aliphatic heterocycles. The largest absolute Gasteiger partial charge is 0.334 e. The highest BCUT2D eigenvalue weighted by atomic mass is 31.2. The van der Waals surface area contributed by atoms with Crippen LogP contribution in [0.2, 0.25) is 0 Å². The van der Waals surface area contributed by atoms with Crippen molar-refractivity contribution in [1.29, 1.82) is 0 Å². The first-order chi connectivity index (χ1) is 10.7. The number of carbonyl (C=O) groups excluding carboxylic acids is 1. The van der Waals surface area contributed by atoms with Crippen LogP contribution < -0.4 is 0 Å². The molecule has 1 aromatic rings. The van der Waals surface area contributed by atoms with Gasteiger partial charge < -0.3 is 9.05 Å². The summed E-state index contributed by atoms with van der Waals surface area (Å²) in [5, 5.41) is 0. The minimum atomic E-state index is -3.27. The van der Waals surface area contributed by atoms with Crippen molar-refractivity contribution in [2.45, 2.75) is 65.5 Å². The van der Waals surface area contributed by atoms with E-state index in [2.05, 4.69) is 47.6 Å². The number of rotatable bonds is 5. The summed E-state index contributed by atoms with van der Waals surface area (Å²) in [5.74, 6) is -0.0332. The molecule has 0 saturated heterocycles. The Balaban J connectivity index is 3.77. The molecule has 0 bridgehead atoms. The summed E-state index contributed by atoms with van der Waals surface area (Å²) in [5.41, 5.74) is 3.13. The molecule has 0 unspecified atom stereocenters. The first-order valence-corrected chi connectivity index (χ1v) is 9.87. The van der Waals surface area contributed by atoms with Gasteiger partial charge in [0, 0.05) is 19.8 Å². The molecule has 4 nitrogen and oxygen atoms in total. The van der Waals surface area contributed by atoms with Crippen LogP contribution in [-0.4, -0.2) is 20.0 Å². The fourth-order valence-electron chi connectivity index (χ4n) is 2.68. The first-order valence-electron chi connectivity index (χ1n) is 8.14. The monoisotopic (exact) mass is 354 g/mol. The van der Waals surface area contributed by atoms with Gasteiger partial charge in [-0.05, 0) is 34.4 Å². The van der Waals surface area contributed by atoms with Gasteiger partial charge in [0.2, 0.25) is 0 Å². The summed E-state index contributed by atoms with van der Waals surface area (Å²) < 4.78 is 22.9. The van der Waals surface area contributed by atoms with Crippen molar-refractivity contribution in [3.05, 3.63) is 34.4 Å². The van der Waals surface area contributed by atoms with Crippen LogP contribution in [0.5, 0.6) is 0 Å². The zero-order chi connectivity index (χ0) is 18.9. The number of Topliss-reactive ketones (excluding diaryl/α,β-unsaturated/α-hetero) is 1. The van der Waals surface area contributed by atoms with Crippen LogP contribution in [0.1, 0.15) is 75.5 Å². The van der Waals surface area contributed by atoms with Crippen LogP contribution in [0.4, 0.5) is 0 Å². The maximum absolute atomic E-state index is 12.7. The van der Waals surface area contributed by atoms with Crippen LogP contribution in [-0.2, 0) is 30.6 Å². The Morgan fingerprint density at radius 3 is 1.83 bits per heavy atom. The van der Waals surface area contributed by atoms with E-state index in [0.717, 1.165) is 16.7 Å². The second-order valence-electron chi connectivity index (χ2n) is 8.25. The third-order valence-electron chi connectivity index (χ3n) is 4.17. The van der Waals surface area contributed by atoms with E-state index in [1.54, 1.807) is 6.92 Å². The summed E-state index contributed by atoms with van der Waals surface area (Å²) >= 11 is 0. The van der Waals surface area contributed by atoms with E-state index in [1.807, 2.05) is 6.07 Å². The van der Waals surface area contributed by atoms with Gasteiger partial charge in [0.05, 0.1) is 6.16 Å². The first kappa shape index (κ1) is 21.1. The van der Waals surface area contributed by atoms with Crippen LogP contribution >= 0.6 is 7.60 Å². The minimum absolute atomic E-state index is 0.0332. The van der Waals surface area contributed by atoms with Crippen molar-refractivity contribution >= 4 is 13.4 Å². The molecule has 0 radical (unpaired) electrons. The molecule has 0 amide bonds. The average Bonchev–Trinajstić information content (AvgIpc) is 2.44. The van der Waals surface area contributed by atoms with Gasteiger partial charge in [-0.25, -0.2) is 0 Å². The van der Waals surface area contributed by atoms with Crippen LogP contribution in [0.25, 0.3) is 0 Å². The maximum Gasteiger partial charge on any atom is 0.334 e. The highest BCUT2D eigenvalue weighted by molar-refractivity contribution is 7.52. The molecular weight excluding hydrogens is 323 g/mol. The number of ketones is 1. The Morgan fingerprint density at radius 2 is 1.50 bits per heavy atom. The van der Waals surface area contributed by atoms with Crippen LogP contribution in [0.3, 0.4) is 0 Å². The number of hydrogen-bond donors (Lipinski definition) is 0. The molecule has 0 atom stereocenters. The highest BCUT2D eigenvalue weighted by Crippen LogP contribution is 2.51. The molecule has 5 heteroatoms. The lowest BCUT2D eigenvalue weighted by molar-refractivity contribution is 0.101. The summed E-state index contributed by atoms with van der Waals surface area (Å²) in [7, 11) is -0.524.